The lowest BCUT2D eigenvalue weighted by Crippen LogP contribution is -2.32. The summed E-state index contributed by atoms with van der Waals surface area (Å²) in [6.07, 6.45) is 38.0. The smallest absolute Gasteiger partial charge is 0.169 e. The fourth-order valence-corrected chi connectivity index (χ4v) is 9.35. The molecule has 0 aliphatic heterocycles. The van der Waals surface area contributed by atoms with Gasteiger partial charge in [0.2, 0.25) is 0 Å². The van der Waals surface area contributed by atoms with Gasteiger partial charge in [0.15, 0.2) is 37.2 Å². The SMILES string of the molecule is CCCCCCCC[n+]1ccc(SCC(CSc2cc[n+](CCCCCCCC)cc2)Sc2cc[n+](CCCCCCCC)cc2)cc1. The standard InChI is InChI=1S/C42H68N3S3/c1-4-7-10-13-16-19-28-43-31-22-39(23-32-43)46-37-42(48-41-26-35-45(36-27-41)30-21-18-15-12-9-6-3)38-47-40-24-33-44(34-25-40)29-20-17-14-11-8-5-2/h22-27,31-36,42H,4-21,28-30,37-38H2,1-3H3/q+3. The van der Waals surface area contributed by atoms with Crippen LogP contribution in [0.1, 0.15) is 136 Å². The van der Waals surface area contributed by atoms with Gasteiger partial charge in [-0.15, -0.1) is 35.3 Å². The Morgan fingerprint density at radius 2 is 0.688 bits per heavy atom. The number of nitrogens with zero attached hydrogens (tertiary/aromatic N) is 3. The molecule has 0 aliphatic carbocycles. The Bertz CT molecular complexity index is 1100. The minimum absolute atomic E-state index is 0.528. The van der Waals surface area contributed by atoms with Crippen molar-refractivity contribution < 1.29 is 13.7 Å². The molecule has 6 heteroatoms. The summed E-state index contributed by atoms with van der Waals surface area (Å²) in [6.45, 7) is 10.3. The zero-order valence-electron chi connectivity index (χ0n) is 30.8. The topological polar surface area (TPSA) is 11.6 Å². The van der Waals surface area contributed by atoms with Crippen LogP contribution in [-0.2, 0) is 19.6 Å². The summed E-state index contributed by atoms with van der Waals surface area (Å²) in [5, 5.41) is 0.528. The van der Waals surface area contributed by atoms with Crippen LogP contribution < -0.4 is 13.7 Å². The van der Waals surface area contributed by atoms with Crippen molar-refractivity contribution in [2.75, 3.05) is 11.5 Å². The number of hydrogen-bond acceptors (Lipinski definition) is 3. The lowest BCUT2D eigenvalue weighted by atomic mass is 10.1. The van der Waals surface area contributed by atoms with E-state index < -0.39 is 0 Å². The van der Waals surface area contributed by atoms with Gasteiger partial charge in [-0.2, -0.15) is 0 Å². The predicted molar refractivity (Wildman–Crippen MR) is 211 cm³/mol. The molecule has 3 aromatic heterocycles. The molecule has 0 aliphatic rings. The first kappa shape index (κ1) is 40.9. The van der Waals surface area contributed by atoms with Crippen LogP contribution in [0.3, 0.4) is 0 Å². The Morgan fingerprint density at radius 1 is 0.396 bits per heavy atom. The van der Waals surface area contributed by atoms with Crippen molar-refractivity contribution in [3.05, 3.63) is 73.6 Å². The Morgan fingerprint density at radius 3 is 1.02 bits per heavy atom. The van der Waals surface area contributed by atoms with E-state index in [4.69, 9.17) is 0 Å². The highest BCUT2D eigenvalue weighted by Gasteiger charge is 2.15. The fraction of sp³-hybridized carbons (Fsp3) is 0.643. The van der Waals surface area contributed by atoms with Crippen molar-refractivity contribution in [2.45, 2.75) is 176 Å². The van der Waals surface area contributed by atoms with E-state index in [1.165, 1.54) is 130 Å². The molecule has 3 heterocycles. The second-order valence-corrected chi connectivity index (χ2v) is 17.0. The summed E-state index contributed by atoms with van der Waals surface area (Å²) in [5.74, 6) is 2.22. The highest BCUT2D eigenvalue weighted by atomic mass is 32.2. The molecule has 0 atom stereocenters. The summed E-state index contributed by atoms with van der Waals surface area (Å²) < 4.78 is 7.10. The van der Waals surface area contributed by atoms with Gasteiger partial charge in [0.1, 0.15) is 19.6 Å². The lowest BCUT2D eigenvalue weighted by Gasteiger charge is -2.16. The van der Waals surface area contributed by atoms with Crippen LogP contribution in [0.2, 0.25) is 0 Å². The average Bonchev–Trinajstić information content (AvgIpc) is 3.12. The van der Waals surface area contributed by atoms with E-state index in [0.717, 1.165) is 31.1 Å². The molecule has 266 valence electrons. The Balaban J connectivity index is 1.50. The molecule has 3 nitrogen and oxygen atoms in total. The van der Waals surface area contributed by atoms with Crippen molar-refractivity contribution in [1.82, 2.24) is 0 Å². The van der Waals surface area contributed by atoms with Gasteiger partial charge in [0.25, 0.3) is 0 Å². The lowest BCUT2D eigenvalue weighted by molar-refractivity contribution is -0.697. The van der Waals surface area contributed by atoms with Crippen molar-refractivity contribution in [1.29, 1.82) is 0 Å². The highest BCUT2D eigenvalue weighted by molar-refractivity contribution is 8.05. The minimum Gasteiger partial charge on any atom is -0.205 e. The van der Waals surface area contributed by atoms with Crippen LogP contribution in [0.4, 0.5) is 0 Å². The number of rotatable bonds is 29. The Kier molecular flexibility index (Phi) is 23.2. The molecular weight excluding hydrogens is 643 g/mol. The first-order valence-electron chi connectivity index (χ1n) is 19.6. The second-order valence-electron chi connectivity index (χ2n) is 13.5. The van der Waals surface area contributed by atoms with Crippen molar-refractivity contribution in [3.8, 4) is 0 Å². The first-order valence-corrected chi connectivity index (χ1v) is 22.4. The molecular formula is C42H68N3S3+3. The summed E-state index contributed by atoms with van der Waals surface area (Å²) in [7, 11) is 0. The van der Waals surface area contributed by atoms with Gasteiger partial charge < -0.3 is 0 Å². The van der Waals surface area contributed by atoms with E-state index in [1.54, 1.807) is 0 Å². The fourth-order valence-electron chi connectivity index (χ4n) is 5.96. The van der Waals surface area contributed by atoms with Gasteiger partial charge in [0.05, 0.1) is 0 Å². The maximum Gasteiger partial charge on any atom is 0.169 e. The second kappa shape index (κ2) is 27.3. The van der Waals surface area contributed by atoms with Crippen LogP contribution in [0.15, 0.2) is 88.3 Å². The van der Waals surface area contributed by atoms with Crippen LogP contribution in [0.25, 0.3) is 0 Å². The molecule has 0 saturated heterocycles. The quantitative estimate of drug-likeness (QED) is 0.0404. The monoisotopic (exact) mass is 710 g/mol. The van der Waals surface area contributed by atoms with E-state index in [1.807, 2.05) is 23.5 Å². The Hall–Kier alpha value is -1.50. The van der Waals surface area contributed by atoms with E-state index in [0.29, 0.717) is 5.25 Å². The minimum atomic E-state index is 0.528. The molecule has 3 aromatic rings. The number of aryl methyl sites for hydroxylation is 3. The van der Waals surface area contributed by atoms with E-state index in [2.05, 4.69) is 120 Å². The average molecular weight is 711 g/mol. The molecule has 0 radical (unpaired) electrons. The molecule has 0 amide bonds. The maximum atomic E-state index is 2.37. The van der Waals surface area contributed by atoms with Crippen molar-refractivity contribution >= 4 is 35.3 Å². The number of thioether (sulfide) groups is 3. The number of hydrogen-bond donors (Lipinski definition) is 0. The molecule has 0 aromatic carbocycles. The van der Waals surface area contributed by atoms with E-state index >= 15 is 0 Å². The molecule has 0 fully saturated rings. The zero-order valence-corrected chi connectivity index (χ0v) is 33.3. The molecule has 0 bridgehead atoms. The van der Waals surface area contributed by atoms with Crippen LogP contribution in [0, 0.1) is 0 Å². The molecule has 3 rings (SSSR count). The largest absolute Gasteiger partial charge is 0.205 e. The molecule has 0 N–H and O–H groups in total. The summed E-state index contributed by atoms with van der Waals surface area (Å²) in [4.78, 5) is 4.14. The van der Waals surface area contributed by atoms with Gasteiger partial charge in [-0.1, -0.05) is 97.8 Å². The summed E-state index contributed by atoms with van der Waals surface area (Å²) >= 11 is 6.08. The number of aromatic nitrogens is 3. The summed E-state index contributed by atoms with van der Waals surface area (Å²) in [6, 6.07) is 14.0. The third kappa shape index (κ3) is 19.0. The van der Waals surface area contributed by atoms with Crippen LogP contribution in [-0.4, -0.2) is 16.8 Å². The molecule has 0 saturated carbocycles. The molecule has 48 heavy (non-hydrogen) atoms. The van der Waals surface area contributed by atoms with E-state index in [9.17, 15) is 0 Å². The first-order chi connectivity index (χ1) is 23.7. The molecule has 0 unspecified atom stereocenters. The Labute approximate surface area is 308 Å². The molecule has 0 spiro atoms. The van der Waals surface area contributed by atoms with Gasteiger partial charge in [-0.25, -0.2) is 13.7 Å². The predicted octanol–water partition coefficient (Wildman–Crippen LogP) is 11.7. The number of pyridine rings is 3. The van der Waals surface area contributed by atoms with Crippen molar-refractivity contribution in [3.63, 3.8) is 0 Å². The summed E-state index contributed by atoms with van der Waals surface area (Å²) in [5.41, 5.74) is 0. The third-order valence-corrected chi connectivity index (χ3v) is 13.0. The van der Waals surface area contributed by atoms with E-state index in [-0.39, 0.29) is 0 Å². The van der Waals surface area contributed by atoms with Gasteiger partial charge in [-0.3, -0.25) is 0 Å². The van der Waals surface area contributed by atoms with Crippen LogP contribution >= 0.6 is 35.3 Å². The zero-order chi connectivity index (χ0) is 33.9. The van der Waals surface area contributed by atoms with Gasteiger partial charge in [-0.05, 0) is 19.3 Å². The highest BCUT2D eigenvalue weighted by Crippen LogP contribution is 2.32. The maximum absolute atomic E-state index is 2.37. The normalized spacial score (nSPS) is 11.5. The van der Waals surface area contributed by atoms with Gasteiger partial charge in [0, 0.05) is 87.1 Å². The number of unbranched alkanes of at least 4 members (excludes halogenated alkanes) is 15. The van der Waals surface area contributed by atoms with Crippen LogP contribution in [0.5, 0.6) is 0 Å². The van der Waals surface area contributed by atoms with Gasteiger partial charge >= 0.3 is 0 Å². The third-order valence-electron chi connectivity index (χ3n) is 9.07. The van der Waals surface area contributed by atoms with Crippen molar-refractivity contribution in [2.24, 2.45) is 0 Å².